The SMILES string of the molecule is CCN(CC)CC(=O)OCCN1C(=O)CCC(N2C(=O)c3ccc(N)cc3C2=O)C1=O. The van der Waals surface area contributed by atoms with Crippen LogP contribution in [0, 0.1) is 0 Å². The van der Waals surface area contributed by atoms with E-state index in [2.05, 4.69) is 0 Å². The fourth-order valence-electron chi connectivity index (χ4n) is 3.78. The molecule has 2 aliphatic rings. The average molecular weight is 430 g/mol. The molecule has 0 saturated carbocycles. The number of piperidine rings is 1. The Labute approximate surface area is 179 Å². The van der Waals surface area contributed by atoms with Crippen molar-refractivity contribution in [2.75, 3.05) is 38.5 Å². The second-order valence-corrected chi connectivity index (χ2v) is 7.41. The third-order valence-electron chi connectivity index (χ3n) is 5.56. The smallest absolute Gasteiger partial charge is 0.320 e. The van der Waals surface area contributed by atoms with Gasteiger partial charge in [0, 0.05) is 12.1 Å². The summed E-state index contributed by atoms with van der Waals surface area (Å²) in [6, 6.07) is 3.29. The van der Waals surface area contributed by atoms with E-state index >= 15 is 0 Å². The van der Waals surface area contributed by atoms with Gasteiger partial charge in [0.25, 0.3) is 17.7 Å². The second-order valence-electron chi connectivity index (χ2n) is 7.41. The summed E-state index contributed by atoms with van der Waals surface area (Å²) in [5.41, 5.74) is 6.37. The van der Waals surface area contributed by atoms with Crippen molar-refractivity contribution in [3.63, 3.8) is 0 Å². The highest BCUT2D eigenvalue weighted by Crippen LogP contribution is 2.30. The van der Waals surface area contributed by atoms with Crippen molar-refractivity contribution in [2.24, 2.45) is 0 Å². The average Bonchev–Trinajstić information content (AvgIpc) is 2.98. The second kappa shape index (κ2) is 9.25. The number of amides is 4. The van der Waals surface area contributed by atoms with E-state index in [0.29, 0.717) is 18.8 Å². The molecule has 0 bridgehead atoms. The molecule has 2 heterocycles. The number of esters is 1. The van der Waals surface area contributed by atoms with Gasteiger partial charge in [-0.15, -0.1) is 0 Å². The van der Waals surface area contributed by atoms with Crippen molar-refractivity contribution in [2.45, 2.75) is 32.7 Å². The third-order valence-corrected chi connectivity index (χ3v) is 5.56. The minimum Gasteiger partial charge on any atom is -0.463 e. The topological polar surface area (TPSA) is 130 Å². The van der Waals surface area contributed by atoms with E-state index in [1.807, 2.05) is 18.7 Å². The van der Waals surface area contributed by atoms with Crippen LogP contribution in [0.4, 0.5) is 5.69 Å². The predicted octanol–water partition coefficient (Wildman–Crippen LogP) is 0.267. The third kappa shape index (κ3) is 4.43. The highest BCUT2D eigenvalue weighted by Gasteiger charge is 2.46. The summed E-state index contributed by atoms with van der Waals surface area (Å²) >= 11 is 0. The molecule has 1 aromatic carbocycles. The number of anilines is 1. The summed E-state index contributed by atoms with van der Waals surface area (Å²) in [6.45, 7) is 5.09. The van der Waals surface area contributed by atoms with E-state index in [1.165, 1.54) is 18.2 Å². The van der Waals surface area contributed by atoms with Crippen LogP contribution in [-0.4, -0.2) is 83.1 Å². The first kappa shape index (κ1) is 22.4. The van der Waals surface area contributed by atoms with E-state index in [-0.39, 0.29) is 43.7 Å². The molecule has 31 heavy (non-hydrogen) atoms. The largest absolute Gasteiger partial charge is 0.463 e. The van der Waals surface area contributed by atoms with Gasteiger partial charge in [0.2, 0.25) is 5.91 Å². The van der Waals surface area contributed by atoms with Crippen molar-refractivity contribution in [3.05, 3.63) is 29.3 Å². The van der Waals surface area contributed by atoms with E-state index in [0.717, 1.165) is 9.80 Å². The van der Waals surface area contributed by atoms with Crippen LogP contribution >= 0.6 is 0 Å². The van der Waals surface area contributed by atoms with Crippen molar-refractivity contribution >= 4 is 35.3 Å². The van der Waals surface area contributed by atoms with Gasteiger partial charge in [0.1, 0.15) is 12.6 Å². The molecule has 10 nitrogen and oxygen atoms in total. The Kier molecular flexibility index (Phi) is 6.69. The summed E-state index contributed by atoms with van der Waals surface area (Å²) in [5, 5.41) is 0. The number of rotatable bonds is 8. The summed E-state index contributed by atoms with van der Waals surface area (Å²) in [7, 11) is 0. The Bertz CT molecular complexity index is 926. The maximum absolute atomic E-state index is 13.0. The molecule has 166 valence electrons. The number of hydrogen-bond donors (Lipinski definition) is 1. The van der Waals surface area contributed by atoms with Gasteiger partial charge < -0.3 is 10.5 Å². The molecule has 1 aromatic rings. The van der Waals surface area contributed by atoms with Gasteiger partial charge in [-0.2, -0.15) is 0 Å². The first-order valence-electron chi connectivity index (χ1n) is 10.3. The fourth-order valence-corrected chi connectivity index (χ4v) is 3.78. The molecule has 0 radical (unpaired) electrons. The van der Waals surface area contributed by atoms with E-state index in [9.17, 15) is 24.0 Å². The van der Waals surface area contributed by atoms with E-state index in [4.69, 9.17) is 10.5 Å². The molecule has 0 aliphatic carbocycles. The zero-order valence-electron chi connectivity index (χ0n) is 17.6. The van der Waals surface area contributed by atoms with Crippen molar-refractivity contribution < 1.29 is 28.7 Å². The molecule has 0 spiro atoms. The number of imide groups is 2. The molecule has 1 atom stereocenters. The lowest BCUT2D eigenvalue weighted by atomic mass is 10.0. The number of nitrogens with two attached hydrogens (primary N) is 1. The van der Waals surface area contributed by atoms with Crippen LogP contribution < -0.4 is 5.73 Å². The zero-order chi connectivity index (χ0) is 22.7. The summed E-state index contributed by atoms with van der Waals surface area (Å²) in [6.07, 6.45) is 0.0518. The predicted molar refractivity (Wildman–Crippen MR) is 110 cm³/mol. The number of fused-ring (bicyclic) bond motifs is 1. The van der Waals surface area contributed by atoms with Crippen LogP contribution in [0.5, 0.6) is 0 Å². The summed E-state index contributed by atoms with van der Waals surface area (Å²) in [5.74, 6) is -2.72. The van der Waals surface area contributed by atoms with Crippen LogP contribution in [0.15, 0.2) is 18.2 Å². The van der Waals surface area contributed by atoms with E-state index in [1.54, 1.807) is 0 Å². The lowest BCUT2D eigenvalue weighted by Gasteiger charge is -2.34. The number of benzene rings is 1. The molecule has 1 unspecified atom stereocenters. The molecule has 1 fully saturated rings. The molecular weight excluding hydrogens is 404 g/mol. The number of nitrogens with zero attached hydrogens (tertiary/aromatic N) is 3. The number of nitrogen functional groups attached to an aromatic ring is 1. The van der Waals surface area contributed by atoms with Crippen LogP contribution in [0.2, 0.25) is 0 Å². The quantitative estimate of drug-likeness (QED) is 0.353. The van der Waals surface area contributed by atoms with Crippen LogP contribution in [-0.2, 0) is 19.1 Å². The highest BCUT2D eigenvalue weighted by atomic mass is 16.5. The highest BCUT2D eigenvalue weighted by molar-refractivity contribution is 6.23. The van der Waals surface area contributed by atoms with Gasteiger partial charge in [0.15, 0.2) is 0 Å². The monoisotopic (exact) mass is 430 g/mol. The molecule has 3 rings (SSSR count). The molecule has 1 saturated heterocycles. The molecule has 2 N–H and O–H groups in total. The van der Waals surface area contributed by atoms with Gasteiger partial charge in [-0.05, 0) is 37.7 Å². The fraction of sp³-hybridized carbons (Fsp3) is 0.476. The van der Waals surface area contributed by atoms with Crippen LogP contribution in [0.1, 0.15) is 47.4 Å². The Balaban J connectivity index is 1.65. The number of likely N-dealkylation sites (tertiary alicyclic amines) is 1. The summed E-state index contributed by atoms with van der Waals surface area (Å²) < 4.78 is 5.15. The van der Waals surface area contributed by atoms with Crippen molar-refractivity contribution in [3.8, 4) is 0 Å². The summed E-state index contributed by atoms with van der Waals surface area (Å²) in [4.78, 5) is 66.4. The Morgan fingerprint density at radius 3 is 2.48 bits per heavy atom. The maximum Gasteiger partial charge on any atom is 0.320 e. The maximum atomic E-state index is 13.0. The van der Waals surface area contributed by atoms with Gasteiger partial charge >= 0.3 is 5.97 Å². The number of hydrogen-bond acceptors (Lipinski definition) is 8. The van der Waals surface area contributed by atoms with E-state index < -0.39 is 35.6 Å². The first-order chi connectivity index (χ1) is 14.8. The number of carbonyl (C=O) groups excluding carboxylic acids is 5. The van der Waals surface area contributed by atoms with Crippen molar-refractivity contribution in [1.82, 2.24) is 14.7 Å². The van der Waals surface area contributed by atoms with Gasteiger partial charge in [-0.3, -0.25) is 38.7 Å². The number of carbonyl (C=O) groups is 5. The minimum absolute atomic E-state index is 0.000650. The molecule has 2 aliphatic heterocycles. The van der Waals surface area contributed by atoms with Gasteiger partial charge in [-0.25, -0.2) is 0 Å². The number of ether oxygens (including phenoxy) is 1. The normalized spacial score (nSPS) is 18.7. The first-order valence-corrected chi connectivity index (χ1v) is 10.3. The standard InChI is InChI=1S/C21H26N4O6/c1-3-23(4-2)12-18(27)31-10-9-24-17(26)8-7-16(21(24)30)25-19(28)14-6-5-13(22)11-15(14)20(25)29/h5-6,11,16H,3-4,7-10,12,22H2,1-2H3. The molecule has 10 heteroatoms. The molecule has 0 aromatic heterocycles. The Hall–Kier alpha value is -3.27. The molecule has 4 amide bonds. The van der Waals surface area contributed by atoms with Gasteiger partial charge in [-0.1, -0.05) is 13.8 Å². The Morgan fingerprint density at radius 1 is 1.13 bits per heavy atom. The van der Waals surface area contributed by atoms with Crippen LogP contribution in [0.25, 0.3) is 0 Å². The van der Waals surface area contributed by atoms with Crippen LogP contribution in [0.3, 0.4) is 0 Å². The minimum atomic E-state index is -1.09. The lowest BCUT2D eigenvalue weighted by Crippen LogP contribution is -2.56. The van der Waals surface area contributed by atoms with Crippen molar-refractivity contribution in [1.29, 1.82) is 0 Å². The van der Waals surface area contributed by atoms with Gasteiger partial charge in [0.05, 0.1) is 24.2 Å². The molecular formula is C21H26N4O6. The lowest BCUT2D eigenvalue weighted by molar-refractivity contribution is -0.155. The number of likely N-dealkylation sites (N-methyl/N-ethyl adjacent to an activating group) is 1. The zero-order valence-corrected chi connectivity index (χ0v) is 17.6. The Morgan fingerprint density at radius 2 is 1.81 bits per heavy atom.